The zero-order chi connectivity index (χ0) is 12.5. The molecule has 0 amide bonds. The molecule has 0 unspecified atom stereocenters. The van der Waals surface area contributed by atoms with Gasteiger partial charge in [-0.15, -0.1) is 0 Å². The third-order valence-electron chi connectivity index (χ3n) is 2.26. The van der Waals surface area contributed by atoms with Crippen molar-refractivity contribution in [2.24, 2.45) is 0 Å². The number of benzene rings is 2. The van der Waals surface area contributed by atoms with E-state index in [1.54, 1.807) is 0 Å². The van der Waals surface area contributed by atoms with Crippen LogP contribution in [0.3, 0.4) is 0 Å². The summed E-state index contributed by atoms with van der Waals surface area (Å²) in [5.41, 5.74) is 0. The van der Waals surface area contributed by atoms with E-state index in [1.807, 2.05) is 0 Å². The zero-order valence-electron chi connectivity index (χ0n) is 8.74. The van der Waals surface area contributed by atoms with Crippen LogP contribution in [0.5, 0.6) is 11.5 Å². The predicted molar refractivity (Wildman–Crippen MR) is 68.8 cm³/mol. The Morgan fingerprint density at radius 3 is 1.50 bits per heavy atom. The van der Waals surface area contributed by atoms with Crippen LogP contribution in [-0.4, -0.2) is 48.2 Å². The molecule has 18 heavy (non-hydrogen) atoms. The van der Waals surface area contributed by atoms with Crippen LogP contribution in [0.15, 0.2) is 58.3 Å². The minimum atomic E-state index is -3.70. The van der Waals surface area contributed by atoms with Gasteiger partial charge in [0.25, 0.3) is 0 Å². The van der Waals surface area contributed by atoms with Gasteiger partial charge in [-0.1, -0.05) is 12.1 Å². The molecule has 2 aromatic rings. The fraction of sp³-hybridized carbons (Fsp3) is 0. The van der Waals surface area contributed by atoms with Crippen molar-refractivity contribution in [3.8, 4) is 11.5 Å². The molecule has 90 valence electrons. The number of phenols is 2. The maximum absolute atomic E-state index is 12.1. The Kier molecular flexibility index (Phi) is 4.81. The normalized spacial score (nSPS) is 10.7. The monoisotopic (exact) mass is 274 g/mol. The Labute approximate surface area is 127 Å². The molecular weight excluding hydrogens is 263 g/mol. The second-order valence-electron chi connectivity index (χ2n) is 3.50. The van der Waals surface area contributed by atoms with E-state index >= 15 is 0 Å². The average Bonchev–Trinajstić information content (AvgIpc) is 2.29. The van der Waals surface area contributed by atoms with Gasteiger partial charge in [-0.2, -0.15) is 0 Å². The molecular formula is C12H11NaO4S. The van der Waals surface area contributed by atoms with Crippen LogP contribution in [-0.2, 0) is 9.84 Å². The Morgan fingerprint density at radius 1 is 0.778 bits per heavy atom. The molecule has 0 heterocycles. The van der Waals surface area contributed by atoms with Crippen LogP contribution >= 0.6 is 0 Å². The molecule has 2 rings (SSSR count). The molecule has 0 aromatic heterocycles. The number of sulfone groups is 1. The Bertz CT molecular complexity index is 601. The predicted octanol–water partition coefficient (Wildman–Crippen LogP) is 1.28. The van der Waals surface area contributed by atoms with Crippen LogP contribution in [0.2, 0.25) is 0 Å². The molecule has 0 atom stereocenters. The molecule has 0 aliphatic heterocycles. The van der Waals surface area contributed by atoms with E-state index in [4.69, 9.17) is 0 Å². The number of aromatic hydroxyl groups is 2. The van der Waals surface area contributed by atoms with Gasteiger partial charge in [0.1, 0.15) is 11.5 Å². The second kappa shape index (κ2) is 5.75. The van der Waals surface area contributed by atoms with Crippen LogP contribution in [0.25, 0.3) is 0 Å². The van der Waals surface area contributed by atoms with Crippen molar-refractivity contribution in [3.05, 3.63) is 48.5 Å². The quantitative estimate of drug-likeness (QED) is 0.809. The summed E-state index contributed by atoms with van der Waals surface area (Å²) in [4.78, 5) is -0.0220. The van der Waals surface area contributed by atoms with Crippen molar-refractivity contribution in [2.45, 2.75) is 9.79 Å². The van der Waals surface area contributed by atoms with Crippen molar-refractivity contribution >= 4 is 39.4 Å². The Morgan fingerprint density at radius 2 is 1.17 bits per heavy atom. The minimum absolute atomic E-state index is 0. The van der Waals surface area contributed by atoms with Crippen molar-refractivity contribution in [3.63, 3.8) is 0 Å². The number of phenolic OH excluding ortho intramolecular Hbond substituents is 2. The molecule has 0 fully saturated rings. The van der Waals surface area contributed by atoms with Gasteiger partial charge in [0.2, 0.25) is 9.84 Å². The van der Waals surface area contributed by atoms with Gasteiger partial charge in [-0.05, 0) is 36.4 Å². The van der Waals surface area contributed by atoms with E-state index < -0.39 is 9.84 Å². The Balaban J connectivity index is 0.00000162. The summed E-state index contributed by atoms with van der Waals surface area (Å²) in [5, 5.41) is 18.5. The second-order valence-corrected chi connectivity index (χ2v) is 5.45. The van der Waals surface area contributed by atoms with Crippen LogP contribution in [0.4, 0.5) is 0 Å². The van der Waals surface area contributed by atoms with Crippen molar-refractivity contribution < 1.29 is 18.6 Å². The molecule has 0 spiro atoms. The van der Waals surface area contributed by atoms with Gasteiger partial charge < -0.3 is 10.2 Å². The number of hydrogen-bond acceptors (Lipinski definition) is 4. The van der Waals surface area contributed by atoms with Crippen LogP contribution < -0.4 is 0 Å². The number of rotatable bonds is 2. The van der Waals surface area contributed by atoms with E-state index in [9.17, 15) is 18.6 Å². The van der Waals surface area contributed by atoms with Crippen LogP contribution in [0.1, 0.15) is 0 Å². The van der Waals surface area contributed by atoms with Gasteiger partial charge in [-0.25, -0.2) is 8.42 Å². The van der Waals surface area contributed by atoms with Crippen LogP contribution in [0, 0.1) is 0 Å². The summed E-state index contributed by atoms with van der Waals surface area (Å²) in [6, 6.07) is 10.8. The van der Waals surface area contributed by atoms with Crippen molar-refractivity contribution in [1.82, 2.24) is 0 Å². The summed E-state index contributed by atoms with van der Waals surface area (Å²) < 4.78 is 24.2. The fourth-order valence-electron chi connectivity index (χ4n) is 1.44. The van der Waals surface area contributed by atoms with Gasteiger partial charge >= 0.3 is 29.6 Å². The molecule has 0 saturated carbocycles. The van der Waals surface area contributed by atoms with E-state index in [2.05, 4.69) is 0 Å². The summed E-state index contributed by atoms with van der Waals surface area (Å²) in [5.74, 6) is -0.238. The fourth-order valence-corrected chi connectivity index (χ4v) is 2.78. The molecule has 0 aliphatic carbocycles. The standard InChI is InChI=1S/C12H10O4S.Na.H/c13-9-3-1-5-11(7-9)17(15,16)12-6-2-4-10(14)8-12;;/h1-8,13-14H;;. The van der Waals surface area contributed by atoms with Gasteiger partial charge in [0.15, 0.2) is 0 Å². The number of hydrogen-bond donors (Lipinski definition) is 2. The third kappa shape index (κ3) is 3.05. The third-order valence-corrected chi connectivity index (χ3v) is 4.00. The van der Waals surface area contributed by atoms with E-state index in [-0.39, 0.29) is 50.8 Å². The summed E-state index contributed by atoms with van der Waals surface area (Å²) in [6.07, 6.45) is 0. The molecule has 0 bridgehead atoms. The average molecular weight is 274 g/mol. The van der Waals surface area contributed by atoms with Crippen molar-refractivity contribution in [1.29, 1.82) is 0 Å². The first-order chi connectivity index (χ1) is 8.00. The molecule has 6 heteroatoms. The van der Waals surface area contributed by atoms with Gasteiger partial charge in [-0.3, -0.25) is 0 Å². The summed E-state index contributed by atoms with van der Waals surface area (Å²) >= 11 is 0. The van der Waals surface area contributed by atoms with Crippen molar-refractivity contribution in [2.75, 3.05) is 0 Å². The topological polar surface area (TPSA) is 74.6 Å². The summed E-state index contributed by atoms with van der Waals surface area (Å²) in [6.45, 7) is 0. The molecule has 2 N–H and O–H groups in total. The molecule has 0 radical (unpaired) electrons. The van der Waals surface area contributed by atoms with Gasteiger partial charge in [0, 0.05) is 0 Å². The first-order valence-corrected chi connectivity index (χ1v) is 6.31. The first-order valence-electron chi connectivity index (χ1n) is 4.83. The maximum atomic E-state index is 12.1. The molecule has 0 aliphatic rings. The molecule has 4 nitrogen and oxygen atoms in total. The van der Waals surface area contributed by atoms with Gasteiger partial charge in [0.05, 0.1) is 9.79 Å². The zero-order valence-corrected chi connectivity index (χ0v) is 9.55. The van der Waals surface area contributed by atoms with E-state index in [1.165, 1.54) is 48.5 Å². The first kappa shape index (κ1) is 15.0. The molecule has 0 saturated heterocycles. The Hall–Kier alpha value is -1.01. The molecule has 2 aromatic carbocycles. The van der Waals surface area contributed by atoms with E-state index in [0.29, 0.717) is 0 Å². The summed E-state index contributed by atoms with van der Waals surface area (Å²) in [7, 11) is -3.70. The SMILES string of the molecule is O=S(=O)(c1cccc(O)c1)c1cccc(O)c1.[NaH]. The van der Waals surface area contributed by atoms with E-state index in [0.717, 1.165) is 0 Å².